The smallest absolute Gasteiger partial charge is 0.130 e. The zero-order valence-electron chi connectivity index (χ0n) is 10.2. The molecule has 0 radical (unpaired) electrons. The van der Waals surface area contributed by atoms with E-state index in [-0.39, 0.29) is 0 Å². The molecule has 2 rings (SSSR count). The molecule has 1 aliphatic rings. The first-order valence-electron chi connectivity index (χ1n) is 6.10. The molecule has 0 spiro atoms. The van der Waals surface area contributed by atoms with Crippen LogP contribution in [0.3, 0.4) is 0 Å². The highest BCUT2D eigenvalue weighted by atomic mass is 32.2. The van der Waals surface area contributed by atoms with Crippen molar-refractivity contribution in [2.45, 2.75) is 36.8 Å². The van der Waals surface area contributed by atoms with Crippen molar-refractivity contribution in [1.82, 2.24) is 9.97 Å². The molecule has 0 aliphatic carbocycles. The second-order valence-electron chi connectivity index (χ2n) is 4.15. The van der Waals surface area contributed by atoms with Gasteiger partial charge in [-0.15, -0.1) is 11.8 Å². The van der Waals surface area contributed by atoms with Crippen LogP contribution in [0.2, 0.25) is 0 Å². The number of nitrogens with one attached hydrogen (secondary N) is 1. The van der Waals surface area contributed by atoms with Gasteiger partial charge in [0.15, 0.2) is 0 Å². The Labute approximate surface area is 107 Å². The first-order valence-corrected chi connectivity index (χ1v) is 7.32. The van der Waals surface area contributed by atoms with E-state index in [9.17, 15) is 0 Å². The Hall–Kier alpha value is -0.810. The summed E-state index contributed by atoms with van der Waals surface area (Å²) in [5, 5.41) is 4.32. The lowest BCUT2D eigenvalue weighted by Gasteiger charge is -2.22. The van der Waals surface area contributed by atoms with Gasteiger partial charge in [0.05, 0.1) is 6.10 Å². The van der Waals surface area contributed by atoms with Crippen molar-refractivity contribution in [2.75, 3.05) is 24.7 Å². The van der Waals surface area contributed by atoms with Gasteiger partial charge in [-0.1, -0.05) is 0 Å². The fourth-order valence-electron chi connectivity index (χ4n) is 1.94. The molecule has 0 bridgehead atoms. The van der Waals surface area contributed by atoms with Crippen molar-refractivity contribution >= 4 is 17.6 Å². The van der Waals surface area contributed by atoms with Crippen molar-refractivity contribution in [3.05, 3.63) is 12.4 Å². The first-order chi connectivity index (χ1) is 8.38. The Bertz CT molecular complexity index is 342. The summed E-state index contributed by atoms with van der Waals surface area (Å²) in [7, 11) is 0. The fraction of sp³-hybridized carbons (Fsp3) is 0.667. The van der Waals surface area contributed by atoms with E-state index in [1.165, 1.54) is 19.3 Å². The third-order valence-electron chi connectivity index (χ3n) is 2.90. The molecule has 1 saturated heterocycles. The van der Waals surface area contributed by atoms with Crippen LogP contribution in [0.5, 0.6) is 0 Å². The molecular weight excluding hydrogens is 234 g/mol. The van der Waals surface area contributed by atoms with E-state index in [1.54, 1.807) is 18.1 Å². The molecule has 2 heterocycles. The van der Waals surface area contributed by atoms with Gasteiger partial charge >= 0.3 is 0 Å². The number of thioether (sulfide) groups is 1. The number of nitrogens with zero attached hydrogens (tertiary/aromatic N) is 2. The minimum atomic E-state index is 0.429. The molecule has 5 heteroatoms. The van der Waals surface area contributed by atoms with Gasteiger partial charge in [0, 0.05) is 19.2 Å². The van der Waals surface area contributed by atoms with Gasteiger partial charge < -0.3 is 10.1 Å². The SMILES string of the molecule is CSc1cc(NCCC2CCCCO2)ncn1. The van der Waals surface area contributed by atoms with Gasteiger partial charge in [-0.05, 0) is 31.9 Å². The monoisotopic (exact) mass is 253 g/mol. The zero-order valence-corrected chi connectivity index (χ0v) is 11.0. The molecule has 1 N–H and O–H groups in total. The number of hydrogen-bond acceptors (Lipinski definition) is 5. The van der Waals surface area contributed by atoms with Crippen LogP contribution in [0.25, 0.3) is 0 Å². The average molecular weight is 253 g/mol. The van der Waals surface area contributed by atoms with E-state index in [2.05, 4.69) is 15.3 Å². The van der Waals surface area contributed by atoms with Crippen LogP contribution in [0.1, 0.15) is 25.7 Å². The maximum absolute atomic E-state index is 5.68. The van der Waals surface area contributed by atoms with Gasteiger partial charge in [-0.3, -0.25) is 0 Å². The summed E-state index contributed by atoms with van der Waals surface area (Å²) in [4.78, 5) is 8.34. The first kappa shape index (κ1) is 12.6. The predicted octanol–water partition coefficient (Wildman–Crippen LogP) is 2.57. The summed E-state index contributed by atoms with van der Waals surface area (Å²) in [6, 6.07) is 1.98. The minimum Gasteiger partial charge on any atom is -0.378 e. The van der Waals surface area contributed by atoms with Crippen molar-refractivity contribution in [3.63, 3.8) is 0 Å². The topological polar surface area (TPSA) is 47.0 Å². The summed E-state index contributed by atoms with van der Waals surface area (Å²) < 4.78 is 5.68. The number of ether oxygens (including phenoxy) is 1. The van der Waals surface area contributed by atoms with Crippen LogP contribution in [-0.4, -0.2) is 35.5 Å². The molecule has 1 unspecified atom stereocenters. The van der Waals surface area contributed by atoms with Gasteiger partial charge in [-0.25, -0.2) is 9.97 Å². The lowest BCUT2D eigenvalue weighted by molar-refractivity contribution is 0.0134. The molecule has 94 valence electrons. The second kappa shape index (κ2) is 6.81. The van der Waals surface area contributed by atoms with E-state index in [0.29, 0.717) is 6.10 Å². The normalized spacial score (nSPS) is 20.2. The molecule has 17 heavy (non-hydrogen) atoms. The van der Waals surface area contributed by atoms with Crippen LogP contribution in [-0.2, 0) is 4.74 Å². The quantitative estimate of drug-likeness (QED) is 0.645. The van der Waals surface area contributed by atoms with Gasteiger partial charge in [0.2, 0.25) is 0 Å². The van der Waals surface area contributed by atoms with Crippen LogP contribution in [0.4, 0.5) is 5.82 Å². The minimum absolute atomic E-state index is 0.429. The van der Waals surface area contributed by atoms with Crippen molar-refractivity contribution in [3.8, 4) is 0 Å². The molecule has 0 saturated carbocycles. The maximum atomic E-state index is 5.68. The van der Waals surface area contributed by atoms with E-state index in [0.717, 1.165) is 30.4 Å². The fourth-order valence-corrected chi connectivity index (χ4v) is 2.33. The summed E-state index contributed by atoms with van der Waals surface area (Å²) >= 11 is 1.63. The van der Waals surface area contributed by atoms with Crippen LogP contribution < -0.4 is 5.32 Å². The van der Waals surface area contributed by atoms with Gasteiger partial charge in [-0.2, -0.15) is 0 Å². The summed E-state index contributed by atoms with van der Waals surface area (Å²) in [5.74, 6) is 0.903. The lowest BCUT2D eigenvalue weighted by Crippen LogP contribution is -2.22. The van der Waals surface area contributed by atoms with Crippen LogP contribution >= 0.6 is 11.8 Å². The standard InChI is InChI=1S/C12H19N3OS/c1-17-12-8-11(14-9-15-12)13-6-5-10-4-2-3-7-16-10/h8-10H,2-7H2,1H3,(H,13,14,15). The second-order valence-corrected chi connectivity index (χ2v) is 4.98. The molecule has 4 nitrogen and oxygen atoms in total. The number of rotatable bonds is 5. The molecule has 1 aromatic rings. The van der Waals surface area contributed by atoms with Crippen LogP contribution in [0, 0.1) is 0 Å². The van der Waals surface area contributed by atoms with Crippen molar-refractivity contribution in [1.29, 1.82) is 0 Å². The Balaban J connectivity index is 1.73. The van der Waals surface area contributed by atoms with E-state index in [4.69, 9.17) is 4.74 Å². The summed E-state index contributed by atoms with van der Waals surface area (Å²) in [6.07, 6.45) is 8.81. The molecule has 1 aliphatic heterocycles. The molecule has 1 fully saturated rings. The van der Waals surface area contributed by atoms with Crippen molar-refractivity contribution in [2.24, 2.45) is 0 Å². The number of hydrogen-bond donors (Lipinski definition) is 1. The Morgan fingerprint density at radius 3 is 3.18 bits per heavy atom. The molecule has 0 aromatic carbocycles. The largest absolute Gasteiger partial charge is 0.378 e. The zero-order chi connectivity index (χ0) is 11.9. The predicted molar refractivity (Wildman–Crippen MR) is 70.5 cm³/mol. The summed E-state index contributed by atoms with van der Waals surface area (Å²) in [5.41, 5.74) is 0. The van der Waals surface area contributed by atoms with Gasteiger partial charge in [0.1, 0.15) is 17.2 Å². The molecule has 1 aromatic heterocycles. The Kier molecular flexibility index (Phi) is 5.07. The number of aromatic nitrogens is 2. The Morgan fingerprint density at radius 2 is 2.41 bits per heavy atom. The molecular formula is C12H19N3OS. The van der Waals surface area contributed by atoms with Crippen LogP contribution in [0.15, 0.2) is 17.4 Å². The van der Waals surface area contributed by atoms with Gasteiger partial charge in [0.25, 0.3) is 0 Å². The highest BCUT2D eigenvalue weighted by Gasteiger charge is 2.12. The van der Waals surface area contributed by atoms with Crippen molar-refractivity contribution < 1.29 is 4.74 Å². The third kappa shape index (κ3) is 4.16. The highest BCUT2D eigenvalue weighted by Crippen LogP contribution is 2.16. The summed E-state index contributed by atoms with van der Waals surface area (Å²) in [6.45, 7) is 1.84. The van der Waals surface area contributed by atoms with E-state index < -0.39 is 0 Å². The molecule has 0 amide bonds. The maximum Gasteiger partial charge on any atom is 0.130 e. The highest BCUT2D eigenvalue weighted by molar-refractivity contribution is 7.98. The van der Waals surface area contributed by atoms with E-state index in [1.807, 2.05) is 12.3 Å². The third-order valence-corrected chi connectivity index (χ3v) is 3.54. The molecule has 1 atom stereocenters. The number of anilines is 1. The van der Waals surface area contributed by atoms with E-state index >= 15 is 0 Å². The lowest BCUT2D eigenvalue weighted by atomic mass is 10.1. The Morgan fingerprint density at radius 1 is 1.47 bits per heavy atom. The average Bonchev–Trinajstić information content (AvgIpc) is 2.40.